The highest BCUT2D eigenvalue weighted by molar-refractivity contribution is 5.74. The fourth-order valence-corrected chi connectivity index (χ4v) is 5.64. The second-order valence-electron chi connectivity index (χ2n) is 7.67. The fourth-order valence-electron chi connectivity index (χ4n) is 5.64. The summed E-state index contributed by atoms with van der Waals surface area (Å²) in [5.41, 5.74) is 0. The molecule has 118 valence electrons. The molecule has 21 heavy (non-hydrogen) atoms. The topological polar surface area (TPSA) is 50.4 Å². The van der Waals surface area contributed by atoms with E-state index >= 15 is 0 Å². The quantitative estimate of drug-likeness (QED) is 0.840. The molecule has 0 spiro atoms. The Balaban J connectivity index is 1.24. The molecule has 0 aromatic rings. The molecule has 3 saturated carbocycles. The van der Waals surface area contributed by atoms with Crippen LogP contribution in [0.5, 0.6) is 0 Å². The molecule has 1 saturated heterocycles. The van der Waals surface area contributed by atoms with Crippen LogP contribution in [0.15, 0.2) is 0 Å². The number of carbonyl (C=O) groups excluding carboxylic acids is 1. The summed E-state index contributed by atoms with van der Waals surface area (Å²) in [6.45, 7) is 2.51. The lowest BCUT2D eigenvalue weighted by atomic mass is 9.79. The molecular formula is C17H28N2O2. The van der Waals surface area contributed by atoms with Crippen molar-refractivity contribution >= 4 is 6.03 Å². The van der Waals surface area contributed by atoms with Gasteiger partial charge in [0.2, 0.25) is 0 Å². The molecule has 5 atom stereocenters. The average molecular weight is 292 g/mol. The molecule has 4 aliphatic rings. The van der Waals surface area contributed by atoms with Crippen molar-refractivity contribution in [3.63, 3.8) is 0 Å². The molecule has 0 aromatic carbocycles. The predicted octanol–water partition coefficient (Wildman–Crippen LogP) is 2.54. The van der Waals surface area contributed by atoms with E-state index in [9.17, 15) is 4.79 Å². The van der Waals surface area contributed by atoms with Gasteiger partial charge in [0.05, 0.1) is 0 Å². The van der Waals surface area contributed by atoms with Crippen LogP contribution in [0.4, 0.5) is 4.79 Å². The Labute approximate surface area is 127 Å². The summed E-state index contributed by atoms with van der Waals surface area (Å²) in [5, 5.41) is 6.37. The van der Waals surface area contributed by atoms with Crippen molar-refractivity contribution in [3.05, 3.63) is 0 Å². The van der Waals surface area contributed by atoms with Gasteiger partial charge in [-0.2, -0.15) is 0 Å². The van der Waals surface area contributed by atoms with Gasteiger partial charge in [0.15, 0.2) is 0 Å². The number of amides is 2. The number of ether oxygens (including phenoxy) is 1. The molecule has 1 heterocycles. The molecule has 2 N–H and O–H groups in total. The minimum absolute atomic E-state index is 0.0635. The van der Waals surface area contributed by atoms with E-state index in [1.54, 1.807) is 0 Å². The van der Waals surface area contributed by atoms with Crippen LogP contribution in [0.2, 0.25) is 0 Å². The molecule has 4 rings (SSSR count). The van der Waals surface area contributed by atoms with Crippen LogP contribution in [0.1, 0.15) is 44.9 Å². The van der Waals surface area contributed by atoms with Gasteiger partial charge >= 0.3 is 6.03 Å². The maximum Gasteiger partial charge on any atom is 0.315 e. The number of carbonyl (C=O) groups is 1. The van der Waals surface area contributed by atoms with Crippen LogP contribution in [0.3, 0.4) is 0 Å². The first kappa shape index (κ1) is 13.9. The second-order valence-corrected chi connectivity index (χ2v) is 7.67. The van der Waals surface area contributed by atoms with Gasteiger partial charge in [0.1, 0.15) is 0 Å². The van der Waals surface area contributed by atoms with E-state index in [1.807, 2.05) is 0 Å². The number of urea groups is 1. The van der Waals surface area contributed by atoms with E-state index < -0.39 is 0 Å². The summed E-state index contributed by atoms with van der Waals surface area (Å²) < 4.78 is 5.36. The summed E-state index contributed by atoms with van der Waals surface area (Å²) in [7, 11) is 0. The minimum Gasteiger partial charge on any atom is -0.381 e. The third-order valence-electron chi connectivity index (χ3n) is 6.64. The van der Waals surface area contributed by atoms with Crippen molar-refractivity contribution in [1.82, 2.24) is 10.6 Å². The maximum absolute atomic E-state index is 12.2. The molecule has 4 fully saturated rings. The third-order valence-corrected chi connectivity index (χ3v) is 6.64. The van der Waals surface area contributed by atoms with Gasteiger partial charge in [-0.05, 0) is 68.1 Å². The lowest BCUT2D eigenvalue weighted by molar-refractivity contribution is 0.0668. The molecule has 4 nitrogen and oxygen atoms in total. The van der Waals surface area contributed by atoms with Gasteiger partial charge in [0.25, 0.3) is 0 Å². The van der Waals surface area contributed by atoms with E-state index in [4.69, 9.17) is 4.74 Å². The molecular weight excluding hydrogens is 264 g/mol. The molecule has 3 aliphatic carbocycles. The fraction of sp³-hybridized carbons (Fsp3) is 0.941. The number of fused-ring (bicyclic) bond motifs is 5. The van der Waals surface area contributed by atoms with Crippen LogP contribution < -0.4 is 10.6 Å². The lowest BCUT2D eigenvalue weighted by Crippen LogP contribution is -2.48. The van der Waals surface area contributed by atoms with E-state index in [0.29, 0.717) is 12.0 Å². The van der Waals surface area contributed by atoms with Crippen LogP contribution in [-0.2, 0) is 4.74 Å². The van der Waals surface area contributed by atoms with Crippen LogP contribution in [-0.4, -0.2) is 31.8 Å². The largest absolute Gasteiger partial charge is 0.381 e. The number of hydrogen-bond acceptors (Lipinski definition) is 2. The van der Waals surface area contributed by atoms with Crippen molar-refractivity contribution in [1.29, 1.82) is 0 Å². The molecule has 2 amide bonds. The van der Waals surface area contributed by atoms with Gasteiger partial charge in [-0.3, -0.25) is 0 Å². The number of rotatable bonds is 3. The van der Waals surface area contributed by atoms with Crippen molar-refractivity contribution in [2.24, 2.45) is 29.6 Å². The lowest BCUT2D eigenvalue weighted by Gasteiger charge is -2.32. The first-order chi connectivity index (χ1) is 10.3. The summed E-state index contributed by atoms with van der Waals surface area (Å²) in [5.74, 6) is 4.20. The third kappa shape index (κ3) is 2.67. The van der Waals surface area contributed by atoms with E-state index in [0.717, 1.165) is 56.3 Å². The monoisotopic (exact) mass is 292 g/mol. The van der Waals surface area contributed by atoms with Gasteiger partial charge in [0, 0.05) is 25.8 Å². The Hall–Kier alpha value is -0.770. The van der Waals surface area contributed by atoms with Gasteiger partial charge < -0.3 is 15.4 Å². The van der Waals surface area contributed by atoms with Gasteiger partial charge in [-0.1, -0.05) is 6.42 Å². The first-order valence-corrected chi connectivity index (χ1v) is 8.93. The second kappa shape index (κ2) is 5.79. The zero-order valence-corrected chi connectivity index (χ0v) is 12.9. The Morgan fingerprint density at radius 1 is 1.00 bits per heavy atom. The molecule has 2 bridgehead atoms. The molecule has 0 aromatic heterocycles. The van der Waals surface area contributed by atoms with E-state index in [1.165, 1.54) is 32.1 Å². The number of hydrogen-bond donors (Lipinski definition) is 2. The van der Waals surface area contributed by atoms with Gasteiger partial charge in [-0.15, -0.1) is 0 Å². The van der Waals surface area contributed by atoms with E-state index in [2.05, 4.69) is 10.6 Å². The summed E-state index contributed by atoms with van der Waals surface area (Å²) >= 11 is 0. The first-order valence-electron chi connectivity index (χ1n) is 8.93. The highest BCUT2D eigenvalue weighted by Crippen LogP contribution is 2.58. The summed E-state index contributed by atoms with van der Waals surface area (Å²) in [6.07, 6.45) is 9.06. The van der Waals surface area contributed by atoms with Crippen molar-refractivity contribution in [2.75, 3.05) is 19.8 Å². The molecule has 1 aliphatic heterocycles. The van der Waals surface area contributed by atoms with E-state index in [-0.39, 0.29) is 6.03 Å². The van der Waals surface area contributed by atoms with Crippen molar-refractivity contribution in [3.8, 4) is 0 Å². The standard InChI is InChI=1S/C17H28N2O2/c20-17(18-10-11-4-6-21-7-5-11)19-16-9-12-8-15(16)14-3-1-2-13(12)14/h11-16H,1-10H2,(H2,18,19,20)/t12-,13+,14-,15+,16-/m1/s1. The Bertz CT molecular complexity index is 394. The normalized spacial score (nSPS) is 42.0. The highest BCUT2D eigenvalue weighted by Gasteiger charge is 2.54. The molecule has 0 radical (unpaired) electrons. The Kier molecular flexibility index (Phi) is 3.82. The number of nitrogens with one attached hydrogen (secondary N) is 2. The zero-order chi connectivity index (χ0) is 14.2. The van der Waals surface area contributed by atoms with Gasteiger partial charge in [-0.25, -0.2) is 4.79 Å². The van der Waals surface area contributed by atoms with Crippen molar-refractivity contribution < 1.29 is 9.53 Å². The van der Waals surface area contributed by atoms with Crippen LogP contribution >= 0.6 is 0 Å². The Morgan fingerprint density at radius 3 is 2.67 bits per heavy atom. The minimum atomic E-state index is 0.0635. The Morgan fingerprint density at radius 2 is 1.81 bits per heavy atom. The smallest absolute Gasteiger partial charge is 0.315 e. The summed E-state index contributed by atoms with van der Waals surface area (Å²) in [4.78, 5) is 12.2. The van der Waals surface area contributed by atoms with Crippen LogP contribution in [0, 0.1) is 29.6 Å². The highest BCUT2D eigenvalue weighted by atomic mass is 16.5. The van der Waals surface area contributed by atoms with Crippen molar-refractivity contribution in [2.45, 2.75) is 51.0 Å². The maximum atomic E-state index is 12.2. The molecule has 4 heteroatoms. The predicted molar refractivity (Wildman–Crippen MR) is 80.9 cm³/mol. The van der Waals surface area contributed by atoms with Crippen LogP contribution in [0.25, 0.3) is 0 Å². The summed E-state index contributed by atoms with van der Waals surface area (Å²) in [6, 6.07) is 0.512. The average Bonchev–Trinajstić information content (AvgIpc) is 3.18. The molecule has 0 unspecified atom stereocenters. The SMILES string of the molecule is O=C(NCC1CCOCC1)N[C@@H]1C[C@H]2C[C@H]1[C@@H]1CCC[C@@H]21. The zero-order valence-electron chi connectivity index (χ0n) is 12.9.